The van der Waals surface area contributed by atoms with E-state index in [0.717, 1.165) is 43.5 Å². The zero-order chi connectivity index (χ0) is 36.9. The number of carbonyl (C=O) groups is 2. The van der Waals surface area contributed by atoms with Crippen molar-refractivity contribution in [2.24, 2.45) is 5.92 Å². The van der Waals surface area contributed by atoms with Gasteiger partial charge in [0, 0.05) is 48.8 Å². The third-order valence-electron chi connectivity index (χ3n) is 8.07. The van der Waals surface area contributed by atoms with Crippen LogP contribution in [0, 0.1) is 12.8 Å². The summed E-state index contributed by atoms with van der Waals surface area (Å²) in [7, 11) is 1.41. The van der Waals surface area contributed by atoms with Gasteiger partial charge in [0.15, 0.2) is 11.5 Å². The number of aryl methyl sites for hydroxylation is 1. The van der Waals surface area contributed by atoms with Gasteiger partial charge in [0.2, 0.25) is 0 Å². The van der Waals surface area contributed by atoms with E-state index in [0.29, 0.717) is 12.7 Å². The van der Waals surface area contributed by atoms with Gasteiger partial charge in [-0.2, -0.15) is 26.3 Å². The van der Waals surface area contributed by atoms with E-state index in [1.165, 1.54) is 42.5 Å². The molecule has 15 heteroatoms. The number of fused-ring (bicyclic) bond motifs is 1. The molecule has 0 aliphatic carbocycles. The van der Waals surface area contributed by atoms with Gasteiger partial charge in [0.25, 0.3) is 11.2 Å². The number of carbonyl (C=O) groups excluding carboxylic acids is 2. The van der Waals surface area contributed by atoms with Crippen molar-refractivity contribution in [2.45, 2.75) is 43.8 Å². The van der Waals surface area contributed by atoms with E-state index in [2.05, 4.69) is 0 Å². The molecule has 50 heavy (non-hydrogen) atoms. The topological polar surface area (TPSA) is 111 Å². The quantitative estimate of drug-likeness (QED) is 0.0618. The maximum Gasteiger partial charge on any atom is 0.432 e. The number of rotatable bonds is 13. The van der Waals surface area contributed by atoms with Crippen LogP contribution in [-0.4, -0.2) is 51.7 Å². The Kier molecular flexibility index (Phi) is 11.3. The molecule has 1 heterocycles. The molecular weight excluding hydrogens is 678 g/mol. The summed E-state index contributed by atoms with van der Waals surface area (Å²) < 4.78 is 118. The van der Waals surface area contributed by atoms with Crippen molar-refractivity contribution in [1.29, 1.82) is 0 Å². The normalized spacial score (nSPS) is 15.1. The van der Waals surface area contributed by atoms with Crippen molar-refractivity contribution in [1.82, 2.24) is 0 Å². The molecule has 0 fully saturated rings. The van der Waals surface area contributed by atoms with E-state index in [1.54, 1.807) is 13.8 Å². The molecular formula is C35H32F6O9. The van der Waals surface area contributed by atoms with Crippen molar-refractivity contribution < 1.29 is 64.0 Å². The van der Waals surface area contributed by atoms with Gasteiger partial charge in [-0.3, -0.25) is 0 Å². The lowest BCUT2D eigenvalue weighted by molar-refractivity contribution is -0.277. The number of benzene rings is 3. The average Bonchev–Trinajstić information content (AvgIpc) is 3.06. The van der Waals surface area contributed by atoms with Crippen LogP contribution in [0.5, 0.6) is 11.5 Å². The van der Waals surface area contributed by atoms with Crippen molar-refractivity contribution in [3.8, 4) is 11.5 Å². The van der Waals surface area contributed by atoms with Crippen molar-refractivity contribution in [2.75, 3.05) is 27.4 Å². The third kappa shape index (κ3) is 7.19. The number of esters is 2. The largest absolute Gasteiger partial charge is 0.489 e. The third-order valence-corrected chi connectivity index (χ3v) is 8.07. The lowest BCUT2D eigenvalue weighted by Gasteiger charge is -2.33. The van der Waals surface area contributed by atoms with Crippen LogP contribution in [0.3, 0.4) is 0 Å². The van der Waals surface area contributed by atoms with Gasteiger partial charge >= 0.3 is 29.9 Å². The second kappa shape index (κ2) is 14.9. The monoisotopic (exact) mass is 710 g/mol. The summed E-state index contributed by atoms with van der Waals surface area (Å²) in [6.45, 7) is 2.21. The second-order valence-corrected chi connectivity index (χ2v) is 11.1. The molecule has 4 rings (SSSR count). The van der Waals surface area contributed by atoms with Crippen LogP contribution < -0.4 is 15.1 Å². The predicted octanol–water partition coefficient (Wildman–Crippen LogP) is 7.16. The van der Waals surface area contributed by atoms with Crippen LogP contribution in [0.4, 0.5) is 26.3 Å². The SMILES string of the molecule is CC[C@@H](COC(=O)[C@](OC)(c1ccccc1)C(F)(F)F)COc1cc2c(C)cc(=O)oc2cc1OC(=O)[C@](OC)(c1ccccc1)C(F)(F)F. The van der Waals surface area contributed by atoms with Crippen molar-refractivity contribution in [3.63, 3.8) is 0 Å². The van der Waals surface area contributed by atoms with E-state index in [9.17, 15) is 40.7 Å². The standard InChI is InChI=1S/C35H32F6O9/c1-5-22(20-48-30(43)32(45-3,34(36,37)38)23-12-8-6-9-13-23)19-47-27-17-25-21(2)16-29(42)49-26(25)18-28(27)50-31(44)33(46-4,35(39,40)41)24-14-10-7-11-15-24/h6-18,22H,5,19-20H2,1-4H3/t22-,32-,33-/m1/s1. The zero-order valence-corrected chi connectivity index (χ0v) is 27.1. The molecule has 0 saturated carbocycles. The molecule has 0 aliphatic heterocycles. The fourth-order valence-corrected chi connectivity index (χ4v) is 5.25. The smallest absolute Gasteiger partial charge is 0.432 e. The van der Waals surface area contributed by atoms with E-state index in [4.69, 9.17) is 28.1 Å². The molecule has 0 bridgehead atoms. The maximum absolute atomic E-state index is 14.6. The molecule has 0 saturated heterocycles. The summed E-state index contributed by atoms with van der Waals surface area (Å²) in [5.74, 6) is -5.29. The molecule has 1 aromatic heterocycles. The van der Waals surface area contributed by atoms with E-state index in [1.807, 2.05) is 0 Å². The number of ether oxygens (including phenoxy) is 5. The number of hydrogen-bond donors (Lipinski definition) is 0. The van der Waals surface area contributed by atoms with Gasteiger partial charge in [-0.25, -0.2) is 14.4 Å². The Bertz CT molecular complexity index is 1860. The predicted molar refractivity (Wildman–Crippen MR) is 165 cm³/mol. The summed E-state index contributed by atoms with van der Waals surface area (Å²) in [6, 6.07) is 15.6. The van der Waals surface area contributed by atoms with Crippen LogP contribution in [0.15, 0.2) is 88.1 Å². The molecule has 268 valence electrons. The Morgan fingerprint density at radius 3 is 1.74 bits per heavy atom. The van der Waals surface area contributed by atoms with Crippen LogP contribution in [0.2, 0.25) is 0 Å². The summed E-state index contributed by atoms with van der Waals surface area (Å²) in [5.41, 5.74) is -8.66. The number of hydrogen-bond acceptors (Lipinski definition) is 9. The molecule has 0 radical (unpaired) electrons. The highest BCUT2D eigenvalue weighted by molar-refractivity contribution is 5.88. The Hall–Kier alpha value is -4.89. The number of alkyl halides is 6. The van der Waals surface area contributed by atoms with Gasteiger partial charge in [-0.05, 0) is 25.0 Å². The van der Waals surface area contributed by atoms with Crippen molar-refractivity contribution >= 4 is 22.9 Å². The van der Waals surface area contributed by atoms with E-state index < -0.39 is 70.5 Å². The zero-order valence-electron chi connectivity index (χ0n) is 27.1. The number of halogens is 6. The van der Waals surface area contributed by atoms with Crippen LogP contribution >= 0.6 is 0 Å². The van der Waals surface area contributed by atoms with E-state index >= 15 is 0 Å². The molecule has 0 aliphatic rings. The minimum Gasteiger partial charge on any atom is -0.489 e. The molecule has 9 nitrogen and oxygen atoms in total. The first kappa shape index (κ1) is 37.9. The van der Waals surface area contributed by atoms with Crippen molar-refractivity contribution in [3.05, 3.63) is 106 Å². The molecule has 4 aromatic rings. The highest BCUT2D eigenvalue weighted by atomic mass is 19.4. The second-order valence-electron chi connectivity index (χ2n) is 11.1. The maximum atomic E-state index is 14.6. The fraction of sp³-hybridized carbons (Fsp3) is 0.343. The highest BCUT2D eigenvalue weighted by Crippen LogP contribution is 2.45. The first-order valence-electron chi connectivity index (χ1n) is 15.0. The first-order chi connectivity index (χ1) is 23.5. The Labute approximate surface area is 281 Å². The lowest BCUT2D eigenvalue weighted by Crippen LogP contribution is -2.52. The Balaban J connectivity index is 1.66. The Morgan fingerprint density at radius 2 is 1.26 bits per heavy atom. The van der Waals surface area contributed by atoms with Gasteiger partial charge in [-0.1, -0.05) is 67.6 Å². The van der Waals surface area contributed by atoms with Crippen LogP contribution in [0.1, 0.15) is 30.0 Å². The van der Waals surface area contributed by atoms with Crippen LogP contribution in [-0.2, 0) is 35.0 Å². The molecule has 0 N–H and O–H groups in total. The molecule has 3 atom stereocenters. The Morgan fingerprint density at radius 1 is 0.740 bits per heavy atom. The minimum absolute atomic E-state index is 0.148. The van der Waals surface area contributed by atoms with Gasteiger partial charge in [0.1, 0.15) is 5.58 Å². The summed E-state index contributed by atoms with van der Waals surface area (Å²) in [5, 5.41) is 0.272. The highest BCUT2D eigenvalue weighted by Gasteiger charge is 2.65. The minimum atomic E-state index is -5.31. The first-order valence-corrected chi connectivity index (χ1v) is 15.0. The fourth-order valence-electron chi connectivity index (χ4n) is 5.25. The van der Waals surface area contributed by atoms with Gasteiger partial charge in [-0.15, -0.1) is 0 Å². The summed E-state index contributed by atoms with van der Waals surface area (Å²) in [6.07, 6.45) is -10.3. The molecule has 0 amide bonds. The lowest BCUT2D eigenvalue weighted by atomic mass is 9.92. The average molecular weight is 711 g/mol. The van der Waals surface area contributed by atoms with Gasteiger partial charge < -0.3 is 28.1 Å². The molecule has 3 aromatic carbocycles. The molecule has 0 spiro atoms. The number of methoxy groups -OCH3 is 2. The summed E-state index contributed by atoms with van der Waals surface area (Å²) >= 11 is 0. The summed E-state index contributed by atoms with van der Waals surface area (Å²) in [4.78, 5) is 38.6. The van der Waals surface area contributed by atoms with Crippen LogP contribution in [0.25, 0.3) is 11.0 Å². The van der Waals surface area contributed by atoms with Gasteiger partial charge in [0.05, 0.1) is 13.2 Å². The molecule has 0 unspecified atom stereocenters. The van der Waals surface area contributed by atoms with E-state index in [-0.39, 0.29) is 29.7 Å².